The number of Topliss-reactive ketones (excluding diaryl/α,β-unsaturated/α-hetero) is 1. The van der Waals surface area contributed by atoms with Crippen LogP contribution in [0.3, 0.4) is 0 Å². The lowest BCUT2D eigenvalue weighted by Crippen LogP contribution is -2.25. The monoisotopic (exact) mass is 156 g/mol. The third-order valence-corrected chi connectivity index (χ3v) is 2.11. The molecule has 0 saturated carbocycles. The largest absolute Gasteiger partial charge is 0.396 e. The summed E-state index contributed by atoms with van der Waals surface area (Å²) in [7, 11) is 0. The summed E-state index contributed by atoms with van der Waals surface area (Å²) in [6.07, 6.45) is 2.88. The van der Waals surface area contributed by atoms with E-state index >= 15 is 0 Å². The summed E-state index contributed by atoms with van der Waals surface area (Å²) in [5.41, 5.74) is -0.406. The summed E-state index contributed by atoms with van der Waals surface area (Å²) in [5, 5.41) is 8.69. The lowest BCUT2D eigenvalue weighted by Gasteiger charge is -2.23. The number of carbonyl (C=O) groups is 1. The maximum Gasteiger partial charge on any atom is 0.136 e. The minimum atomic E-state index is -0.406. The topological polar surface area (TPSA) is 37.3 Å². The van der Waals surface area contributed by atoms with Crippen molar-refractivity contribution >= 4 is 5.78 Å². The average Bonchev–Trinajstić information content (AvgIpc) is 1.88. The molecule has 0 aromatic rings. The van der Waals surface area contributed by atoms with E-state index in [0.717, 1.165) is 0 Å². The maximum atomic E-state index is 11.1. The van der Waals surface area contributed by atoms with E-state index in [1.807, 2.05) is 6.92 Å². The van der Waals surface area contributed by atoms with E-state index in [4.69, 9.17) is 5.11 Å². The van der Waals surface area contributed by atoms with Crippen molar-refractivity contribution in [1.82, 2.24) is 0 Å². The lowest BCUT2D eigenvalue weighted by atomic mass is 9.80. The molecule has 0 heterocycles. The van der Waals surface area contributed by atoms with Crippen LogP contribution >= 0.6 is 0 Å². The fraction of sp³-hybridized carbons (Fsp3) is 0.667. The van der Waals surface area contributed by atoms with Gasteiger partial charge in [0.25, 0.3) is 0 Å². The molecular formula is C9H16O2. The van der Waals surface area contributed by atoms with Crippen LogP contribution < -0.4 is 0 Å². The smallest absolute Gasteiger partial charge is 0.136 e. The second-order valence-corrected chi connectivity index (χ2v) is 3.08. The molecule has 1 unspecified atom stereocenters. The Morgan fingerprint density at radius 2 is 2.27 bits per heavy atom. The number of carbonyl (C=O) groups excluding carboxylic acids is 1. The molecule has 0 rings (SSSR count). The molecule has 0 radical (unpaired) electrons. The van der Waals surface area contributed by atoms with Crippen LogP contribution in [0.4, 0.5) is 0 Å². The van der Waals surface area contributed by atoms with Gasteiger partial charge in [0.15, 0.2) is 0 Å². The first-order valence-corrected chi connectivity index (χ1v) is 3.79. The van der Waals surface area contributed by atoms with E-state index < -0.39 is 5.41 Å². The summed E-state index contributed by atoms with van der Waals surface area (Å²) in [6, 6.07) is 0. The highest BCUT2D eigenvalue weighted by molar-refractivity contribution is 5.82. The lowest BCUT2D eigenvalue weighted by molar-refractivity contribution is -0.126. The van der Waals surface area contributed by atoms with Crippen LogP contribution in [0.5, 0.6) is 0 Å². The molecular weight excluding hydrogens is 140 g/mol. The molecule has 0 bridgehead atoms. The van der Waals surface area contributed by atoms with Crippen LogP contribution in [-0.2, 0) is 4.79 Å². The standard InChI is InChI=1S/C9H16O2/c1-4-5-9(3,6-7-10)8(2)11/h4,10H,1,5-7H2,2-3H3. The zero-order valence-electron chi connectivity index (χ0n) is 7.26. The minimum absolute atomic E-state index is 0.0594. The normalized spacial score (nSPS) is 15.5. The summed E-state index contributed by atoms with van der Waals surface area (Å²) < 4.78 is 0. The van der Waals surface area contributed by atoms with Gasteiger partial charge in [0.2, 0.25) is 0 Å². The van der Waals surface area contributed by atoms with Crippen molar-refractivity contribution in [3.8, 4) is 0 Å². The highest BCUT2D eigenvalue weighted by Crippen LogP contribution is 2.26. The van der Waals surface area contributed by atoms with Gasteiger partial charge in [0.1, 0.15) is 5.78 Å². The minimum Gasteiger partial charge on any atom is -0.396 e. The molecule has 0 aliphatic carbocycles. The number of hydrogen-bond donors (Lipinski definition) is 1. The van der Waals surface area contributed by atoms with Gasteiger partial charge >= 0.3 is 0 Å². The third kappa shape index (κ3) is 2.85. The highest BCUT2D eigenvalue weighted by Gasteiger charge is 2.27. The Hall–Kier alpha value is -0.630. The molecule has 1 atom stereocenters. The van der Waals surface area contributed by atoms with Crippen LogP contribution in [0.15, 0.2) is 12.7 Å². The average molecular weight is 156 g/mol. The van der Waals surface area contributed by atoms with Gasteiger partial charge in [-0.25, -0.2) is 0 Å². The zero-order chi connectivity index (χ0) is 8.91. The Labute approximate surface area is 67.9 Å². The van der Waals surface area contributed by atoms with Crippen molar-refractivity contribution < 1.29 is 9.90 Å². The SMILES string of the molecule is C=CCC(C)(CCO)C(C)=O. The van der Waals surface area contributed by atoms with Gasteiger partial charge in [0, 0.05) is 12.0 Å². The zero-order valence-corrected chi connectivity index (χ0v) is 7.26. The predicted octanol–water partition coefficient (Wildman–Crippen LogP) is 1.54. The molecule has 2 nitrogen and oxygen atoms in total. The molecule has 11 heavy (non-hydrogen) atoms. The first kappa shape index (κ1) is 10.4. The Morgan fingerprint density at radius 3 is 2.55 bits per heavy atom. The van der Waals surface area contributed by atoms with Crippen molar-refractivity contribution in [3.05, 3.63) is 12.7 Å². The number of rotatable bonds is 5. The quantitative estimate of drug-likeness (QED) is 0.613. The van der Waals surface area contributed by atoms with Gasteiger partial charge in [-0.1, -0.05) is 13.0 Å². The fourth-order valence-electron chi connectivity index (χ4n) is 0.987. The molecule has 0 saturated heterocycles. The van der Waals surface area contributed by atoms with E-state index in [-0.39, 0.29) is 12.4 Å². The van der Waals surface area contributed by atoms with Crippen molar-refractivity contribution in [2.45, 2.75) is 26.7 Å². The van der Waals surface area contributed by atoms with Crippen LogP contribution in [0.1, 0.15) is 26.7 Å². The van der Waals surface area contributed by atoms with Crippen LogP contribution in [0.2, 0.25) is 0 Å². The molecule has 0 spiro atoms. The van der Waals surface area contributed by atoms with Crippen molar-refractivity contribution in [1.29, 1.82) is 0 Å². The summed E-state index contributed by atoms with van der Waals surface area (Å²) in [6.45, 7) is 7.05. The number of hydrogen-bond acceptors (Lipinski definition) is 2. The molecule has 0 aliphatic rings. The van der Waals surface area contributed by atoms with E-state index in [1.165, 1.54) is 0 Å². The van der Waals surface area contributed by atoms with Crippen molar-refractivity contribution in [3.63, 3.8) is 0 Å². The first-order valence-electron chi connectivity index (χ1n) is 3.79. The molecule has 0 amide bonds. The molecule has 0 aliphatic heterocycles. The second-order valence-electron chi connectivity index (χ2n) is 3.08. The van der Waals surface area contributed by atoms with Crippen LogP contribution in [0.25, 0.3) is 0 Å². The molecule has 1 N–H and O–H groups in total. The molecule has 0 aromatic heterocycles. The first-order chi connectivity index (χ1) is 5.06. The number of ketones is 1. The number of aliphatic hydroxyl groups excluding tert-OH is 1. The Morgan fingerprint density at radius 1 is 1.73 bits per heavy atom. The van der Waals surface area contributed by atoms with Gasteiger partial charge in [-0.15, -0.1) is 6.58 Å². The van der Waals surface area contributed by atoms with Gasteiger partial charge in [-0.05, 0) is 19.8 Å². The second kappa shape index (κ2) is 4.29. The Balaban J connectivity index is 4.24. The van der Waals surface area contributed by atoms with Crippen molar-refractivity contribution in [2.24, 2.45) is 5.41 Å². The van der Waals surface area contributed by atoms with Gasteiger partial charge in [-0.3, -0.25) is 4.79 Å². The van der Waals surface area contributed by atoms with E-state index in [2.05, 4.69) is 6.58 Å². The number of aliphatic hydroxyl groups is 1. The van der Waals surface area contributed by atoms with E-state index in [1.54, 1.807) is 13.0 Å². The summed E-state index contributed by atoms with van der Waals surface area (Å²) in [5.74, 6) is 0.117. The summed E-state index contributed by atoms with van der Waals surface area (Å²) >= 11 is 0. The van der Waals surface area contributed by atoms with Crippen LogP contribution in [0, 0.1) is 5.41 Å². The van der Waals surface area contributed by atoms with Gasteiger partial charge in [-0.2, -0.15) is 0 Å². The maximum absolute atomic E-state index is 11.1. The molecule has 0 fully saturated rings. The fourth-order valence-corrected chi connectivity index (χ4v) is 0.987. The third-order valence-electron chi connectivity index (χ3n) is 2.11. The van der Waals surface area contributed by atoms with Crippen molar-refractivity contribution in [2.75, 3.05) is 6.61 Å². The molecule has 64 valence electrons. The summed E-state index contributed by atoms with van der Waals surface area (Å²) in [4.78, 5) is 11.1. The van der Waals surface area contributed by atoms with E-state index in [9.17, 15) is 4.79 Å². The number of allylic oxidation sites excluding steroid dienone is 1. The molecule has 2 heteroatoms. The Bertz CT molecular complexity index is 152. The van der Waals surface area contributed by atoms with E-state index in [0.29, 0.717) is 12.8 Å². The molecule has 0 aromatic carbocycles. The highest BCUT2D eigenvalue weighted by atomic mass is 16.3. The van der Waals surface area contributed by atoms with Gasteiger partial charge in [0.05, 0.1) is 0 Å². The Kier molecular flexibility index (Phi) is 4.04. The van der Waals surface area contributed by atoms with Gasteiger partial charge < -0.3 is 5.11 Å². The predicted molar refractivity (Wildman–Crippen MR) is 45.3 cm³/mol. The van der Waals surface area contributed by atoms with Crippen LogP contribution in [-0.4, -0.2) is 17.5 Å².